The molecule has 86 valence electrons. The van der Waals surface area contributed by atoms with Gasteiger partial charge < -0.3 is 9.74 Å². The zero-order chi connectivity index (χ0) is 10.5. The number of hydrogen-bond donors (Lipinski definition) is 0. The van der Waals surface area contributed by atoms with Gasteiger partial charge in [0, 0.05) is 19.1 Å². The molecule has 2 aliphatic rings. The van der Waals surface area contributed by atoms with Gasteiger partial charge in [0.05, 0.1) is 0 Å². The van der Waals surface area contributed by atoms with Crippen LogP contribution in [0.15, 0.2) is 0 Å². The second-order valence-electron chi connectivity index (χ2n) is 4.46. The number of hydroxylamine groups is 2. The van der Waals surface area contributed by atoms with Crippen molar-refractivity contribution >= 4 is 6.47 Å². The van der Waals surface area contributed by atoms with Crippen LogP contribution in [0.4, 0.5) is 0 Å². The van der Waals surface area contributed by atoms with E-state index in [2.05, 4.69) is 4.90 Å². The van der Waals surface area contributed by atoms with E-state index in [4.69, 9.17) is 4.84 Å². The number of hydrogen-bond acceptors (Lipinski definition) is 4. The number of likely N-dealkylation sites (tertiary alicyclic amines) is 1. The summed E-state index contributed by atoms with van der Waals surface area (Å²) in [6.45, 7) is 4.83. The lowest BCUT2D eigenvalue weighted by Crippen LogP contribution is -2.46. The van der Waals surface area contributed by atoms with Gasteiger partial charge in [-0.1, -0.05) is 6.42 Å². The first-order valence-corrected chi connectivity index (χ1v) is 5.99. The number of nitrogens with zero attached hydrogens (tertiary/aromatic N) is 2. The highest BCUT2D eigenvalue weighted by atomic mass is 16.7. The van der Waals surface area contributed by atoms with Crippen LogP contribution in [0.25, 0.3) is 0 Å². The minimum atomic E-state index is 0.529. The van der Waals surface area contributed by atoms with Gasteiger partial charge in [0.15, 0.2) is 0 Å². The van der Waals surface area contributed by atoms with E-state index < -0.39 is 0 Å². The van der Waals surface area contributed by atoms with Gasteiger partial charge in [0.2, 0.25) is 0 Å². The average molecular weight is 212 g/mol. The fourth-order valence-electron chi connectivity index (χ4n) is 2.66. The van der Waals surface area contributed by atoms with Gasteiger partial charge in [-0.3, -0.25) is 4.79 Å². The molecular formula is C11H20N2O2. The second-order valence-corrected chi connectivity index (χ2v) is 4.46. The summed E-state index contributed by atoms with van der Waals surface area (Å²) in [5, 5.41) is 1.77. The van der Waals surface area contributed by atoms with E-state index >= 15 is 0 Å². The normalized spacial score (nSPS) is 26.4. The third kappa shape index (κ3) is 2.92. The highest BCUT2D eigenvalue weighted by Gasteiger charge is 2.25. The molecule has 0 aromatic carbocycles. The quantitative estimate of drug-likeness (QED) is 0.654. The van der Waals surface area contributed by atoms with Gasteiger partial charge >= 0.3 is 6.47 Å². The molecule has 0 amide bonds. The molecule has 0 saturated carbocycles. The highest BCUT2D eigenvalue weighted by Crippen LogP contribution is 2.20. The number of rotatable bonds is 3. The summed E-state index contributed by atoms with van der Waals surface area (Å²) in [6.07, 6.45) is 6.36. The van der Waals surface area contributed by atoms with Crippen molar-refractivity contribution in [3.8, 4) is 0 Å². The van der Waals surface area contributed by atoms with Crippen molar-refractivity contribution in [2.24, 2.45) is 0 Å². The van der Waals surface area contributed by atoms with Crippen LogP contribution >= 0.6 is 0 Å². The van der Waals surface area contributed by atoms with Crippen LogP contribution < -0.4 is 0 Å². The van der Waals surface area contributed by atoms with Crippen LogP contribution in [-0.4, -0.2) is 48.7 Å². The Hall–Kier alpha value is -0.610. The molecule has 0 aromatic rings. The van der Waals surface area contributed by atoms with Crippen molar-refractivity contribution < 1.29 is 9.63 Å². The maximum absolute atomic E-state index is 10.2. The van der Waals surface area contributed by atoms with Gasteiger partial charge in [-0.15, -0.1) is 5.06 Å². The Morgan fingerprint density at radius 1 is 1.00 bits per heavy atom. The predicted octanol–water partition coefficient (Wildman–Crippen LogP) is 1.02. The first-order valence-electron chi connectivity index (χ1n) is 5.99. The van der Waals surface area contributed by atoms with E-state index in [1.807, 2.05) is 0 Å². The molecule has 0 atom stereocenters. The van der Waals surface area contributed by atoms with Crippen molar-refractivity contribution in [2.45, 2.75) is 38.1 Å². The molecule has 2 aliphatic heterocycles. The fraction of sp³-hybridized carbons (Fsp3) is 0.909. The van der Waals surface area contributed by atoms with Crippen LogP contribution in [0.3, 0.4) is 0 Å². The Morgan fingerprint density at radius 3 is 2.27 bits per heavy atom. The molecule has 0 radical (unpaired) electrons. The van der Waals surface area contributed by atoms with Crippen LogP contribution in [0.2, 0.25) is 0 Å². The molecule has 2 fully saturated rings. The van der Waals surface area contributed by atoms with Gasteiger partial charge in [0.25, 0.3) is 0 Å². The molecular weight excluding hydrogens is 192 g/mol. The molecule has 4 nitrogen and oxygen atoms in total. The third-order valence-corrected chi connectivity index (χ3v) is 3.52. The summed E-state index contributed by atoms with van der Waals surface area (Å²) in [4.78, 5) is 17.6. The lowest BCUT2D eigenvalue weighted by molar-refractivity contribution is -0.180. The summed E-state index contributed by atoms with van der Waals surface area (Å²) in [5.41, 5.74) is 0. The van der Waals surface area contributed by atoms with E-state index in [0.29, 0.717) is 6.47 Å². The Kier molecular flexibility index (Phi) is 3.97. The number of carbonyl (C=O) groups excluding carboxylic acids is 1. The van der Waals surface area contributed by atoms with Crippen molar-refractivity contribution in [1.82, 2.24) is 9.96 Å². The monoisotopic (exact) mass is 212 g/mol. The molecule has 15 heavy (non-hydrogen) atoms. The minimum absolute atomic E-state index is 0.529. The van der Waals surface area contributed by atoms with E-state index in [9.17, 15) is 4.79 Å². The summed E-state index contributed by atoms with van der Waals surface area (Å²) >= 11 is 0. The Balaban J connectivity index is 1.74. The van der Waals surface area contributed by atoms with E-state index in [1.54, 1.807) is 5.06 Å². The Morgan fingerprint density at radius 2 is 1.67 bits per heavy atom. The molecule has 0 bridgehead atoms. The summed E-state index contributed by atoms with van der Waals surface area (Å²) in [5.74, 6) is 0. The SMILES string of the molecule is O=CON1CCC(N2CCCCC2)CC1. The number of piperidine rings is 2. The van der Waals surface area contributed by atoms with Gasteiger partial charge in [0.1, 0.15) is 0 Å². The van der Waals surface area contributed by atoms with E-state index in [-0.39, 0.29) is 0 Å². The lowest BCUT2D eigenvalue weighted by atomic mass is 10.0. The van der Waals surface area contributed by atoms with Gasteiger partial charge in [-0.2, -0.15) is 0 Å². The van der Waals surface area contributed by atoms with E-state index in [0.717, 1.165) is 32.0 Å². The smallest absolute Gasteiger partial charge is 0.312 e. The lowest BCUT2D eigenvalue weighted by Gasteiger charge is -2.39. The van der Waals surface area contributed by atoms with Crippen LogP contribution in [0.5, 0.6) is 0 Å². The maximum Gasteiger partial charge on any atom is 0.312 e. The molecule has 0 aromatic heterocycles. The predicted molar refractivity (Wildman–Crippen MR) is 57.2 cm³/mol. The first-order chi connectivity index (χ1) is 7.40. The number of carbonyl (C=O) groups is 1. The molecule has 2 rings (SSSR count). The molecule has 0 aliphatic carbocycles. The largest absolute Gasteiger partial charge is 0.371 e. The van der Waals surface area contributed by atoms with Crippen LogP contribution in [0, 0.1) is 0 Å². The fourth-order valence-corrected chi connectivity index (χ4v) is 2.66. The molecule has 0 spiro atoms. The Bertz CT molecular complexity index is 197. The zero-order valence-electron chi connectivity index (χ0n) is 9.23. The molecule has 4 heteroatoms. The van der Waals surface area contributed by atoms with Crippen molar-refractivity contribution in [2.75, 3.05) is 26.2 Å². The third-order valence-electron chi connectivity index (χ3n) is 3.52. The molecule has 0 N–H and O–H groups in total. The zero-order valence-corrected chi connectivity index (χ0v) is 9.23. The first kappa shape index (κ1) is 10.9. The second kappa shape index (κ2) is 5.47. The van der Waals surface area contributed by atoms with Gasteiger partial charge in [-0.05, 0) is 38.8 Å². The van der Waals surface area contributed by atoms with Crippen molar-refractivity contribution in [1.29, 1.82) is 0 Å². The van der Waals surface area contributed by atoms with E-state index in [1.165, 1.54) is 32.4 Å². The summed E-state index contributed by atoms with van der Waals surface area (Å²) < 4.78 is 0. The minimum Gasteiger partial charge on any atom is -0.371 e. The van der Waals surface area contributed by atoms with Crippen molar-refractivity contribution in [3.63, 3.8) is 0 Å². The Labute approximate surface area is 91.1 Å². The standard InChI is InChI=1S/C11H20N2O2/c14-10-15-13-8-4-11(5-9-13)12-6-2-1-3-7-12/h10-11H,1-9H2. The average Bonchev–Trinajstić information content (AvgIpc) is 2.32. The summed E-state index contributed by atoms with van der Waals surface area (Å²) in [6, 6.07) is 0.719. The van der Waals surface area contributed by atoms with Gasteiger partial charge in [-0.25, -0.2) is 0 Å². The van der Waals surface area contributed by atoms with Crippen LogP contribution in [-0.2, 0) is 9.63 Å². The summed E-state index contributed by atoms with van der Waals surface area (Å²) in [7, 11) is 0. The molecule has 2 saturated heterocycles. The maximum atomic E-state index is 10.2. The highest BCUT2D eigenvalue weighted by molar-refractivity contribution is 5.36. The molecule has 2 heterocycles. The molecule has 0 unspecified atom stereocenters. The van der Waals surface area contributed by atoms with Crippen molar-refractivity contribution in [3.05, 3.63) is 0 Å². The topological polar surface area (TPSA) is 32.8 Å². The van der Waals surface area contributed by atoms with Crippen LogP contribution in [0.1, 0.15) is 32.1 Å².